The van der Waals surface area contributed by atoms with Crippen molar-refractivity contribution in [2.75, 3.05) is 41.8 Å². The number of carbonyl (C=O) groups excluding carboxylic acids is 1. The number of hydrogen-bond donors (Lipinski definition) is 0. The third-order valence-electron chi connectivity index (χ3n) is 3.77. The molecule has 0 saturated heterocycles. The molecule has 34 heavy (non-hydrogen) atoms. The minimum absolute atomic E-state index is 0.0774. The third-order valence-corrected chi connectivity index (χ3v) is 7.26. The summed E-state index contributed by atoms with van der Waals surface area (Å²) in [5.74, 6) is -0.315. The van der Waals surface area contributed by atoms with Crippen LogP contribution in [0.2, 0.25) is 0 Å². The van der Waals surface area contributed by atoms with Crippen molar-refractivity contribution in [3.05, 3.63) is 24.3 Å². The van der Waals surface area contributed by atoms with Crippen molar-refractivity contribution in [2.24, 2.45) is 0 Å². The van der Waals surface area contributed by atoms with Crippen LogP contribution in [0.15, 0.2) is 24.3 Å². The van der Waals surface area contributed by atoms with Crippen molar-refractivity contribution < 1.29 is 39.3 Å². The fraction of sp³-hybridized carbons (Fsp3) is 0.588. The molecule has 0 N–H and O–H groups in total. The van der Waals surface area contributed by atoms with Crippen molar-refractivity contribution in [2.45, 2.75) is 26.4 Å². The molecular weight excluding hydrogens is 512 g/mol. The zero-order valence-electron chi connectivity index (χ0n) is 20.1. The van der Waals surface area contributed by atoms with Gasteiger partial charge in [-0.1, -0.05) is 12.1 Å². The predicted octanol–water partition coefficient (Wildman–Crippen LogP) is 5.32. The number of hydrogen-bond acceptors (Lipinski definition) is 8. The number of aromatic nitrogens is 3. The van der Waals surface area contributed by atoms with Crippen LogP contribution >= 0.6 is 15.8 Å². The molecular formula is C17H30F6N6O3P2. The Hall–Kier alpha value is -1.79. The summed E-state index contributed by atoms with van der Waals surface area (Å²) in [6, 6.07) is 7.57. The van der Waals surface area contributed by atoms with E-state index >= 15 is 0 Å². The quantitative estimate of drug-likeness (QED) is 0.265. The van der Waals surface area contributed by atoms with Crippen LogP contribution in [0, 0.1) is 0 Å². The van der Waals surface area contributed by atoms with Crippen molar-refractivity contribution >= 4 is 32.8 Å². The molecule has 0 radical (unpaired) electrons. The van der Waals surface area contributed by atoms with Gasteiger partial charge >= 0.3 is 46.9 Å². The summed E-state index contributed by atoms with van der Waals surface area (Å²) in [6.45, 7) is 5.63. The van der Waals surface area contributed by atoms with Crippen molar-refractivity contribution in [3.63, 3.8) is 0 Å². The number of ether oxygens (including phenoxy) is 1. The molecule has 2 rings (SSSR count). The molecule has 0 atom stereocenters. The number of nitrogens with zero attached hydrogens (tertiary/aromatic N) is 6. The van der Waals surface area contributed by atoms with Crippen molar-refractivity contribution in [1.82, 2.24) is 29.2 Å². The summed E-state index contributed by atoms with van der Waals surface area (Å²) in [5.41, 5.74) is 0.956. The standard InChI is InChI=1S/C17H30N6O3P.F6P/c1-17(2,3)25-16(24)13-22(8)27(20(4)5,21(6)7)26-23-15-12-10-9-11-14(15)18-19-23;1-7(2,3,4,5)6/h9-12H,13H2,1-8H3;/q+1;-1. The first-order valence-electron chi connectivity index (χ1n) is 9.67. The first kappa shape index (κ1) is 30.2. The molecule has 198 valence electrons. The second-order valence-corrected chi connectivity index (χ2v) is 14.0. The van der Waals surface area contributed by atoms with Crippen LogP contribution in [0.5, 0.6) is 0 Å². The normalized spacial score (nSPS) is 15.1. The molecule has 1 aromatic carbocycles. The first-order valence-corrected chi connectivity index (χ1v) is 13.3. The van der Waals surface area contributed by atoms with Gasteiger partial charge in [-0.2, -0.15) is 4.62 Å². The Morgan fingerprint density at radius 3 is 1.91 bits per heavy atom. The molecule has 0 aliphatic rings. The number of para-hydroxylation sites is 1. The topological polar surface area (TPSA) is 76.0 Å². The van der Waals surface area contributed by atoms with Crippen LogP contribution in [0.1, 0.15) is 20.8 Å². The Kier molecular flexibility index (Phi) is 8.31. The SMILES string of the molecule is CN(C)[P+](On1nnc2ccccc21)(N(C)C)N(C)CC(=O)OC(C)(C)C.F[P-](F)(F)(F)(F)F. The second kappa shape index (κ2) is 9.34. The molecule has 0 aliphatic carbocycles. The second-order valence-electron chi connectivity index (χ2n) is 8.60. The number of halogens is 6. The molecule has 1 heterocycles. The van der Waals surface area contributed by atoms with E-state index < -0.39 is 21.4 Å². The molecule has 17 heteroatoms. The number of likely N-dealkylation sites (N-methyl/N-ethyl adjacent to an activating group) is 1. The average Bonchev–Trinajstić information content (AvgIpc) is 2.97. The molecule has 0 bridgehead atoms. The van der Waals surface area contributed by atoms with Gasteiger partial charge < -0.3 is 4.74 Å². The monoisotopic (exact) mass is 542 g/mol. The van der Waals surface area contributed by atoms with Crippen LogP contribution in [0.4, 0.5) is 25.2 Å². The molecule has 2 aromatic rings. The Morgan fingerprint density at radius 1 is 1.00 bits per heavy atom. The fourth-order valence-electron chi connectivity index (χ4n) is 2.84. The number of carbonyl (C=O) groups is 1. The molecule has 9 nitrogen and oxygen atoms in total. The number of rotatable bonds is 7. The summed E-state index contributed by atoms with van der Waals surface area (Å²) in [7, 11) is -3.74. The Bertz CT molecular complexity index is 976. The maximum atomic E-state index is 12.4. The summed E-state index contributed by atoms with van der Waals surface area (Å²) in [4.78, 5) is 13.8. The number of benzene rings is 1. The van der Waals surface area contributed by atoms with Gasteiger partial charge in [-0.05, 0) is 43.0 Å². The summed E-state index contributed by atoms with van der Waals surface area (Å²) in [5, 5.41) is 8.29. The van der Waals surface area contributed by atoms with E-state index in [1.165, 1.54) is 4.85 Å². The van der Waals surface area contributed by atoms with Crippen LogP contribution in [0.25, 0.3) is 11.0 Å². The van der Waals surface area contributed by atoms with Gasteiger partial charge in [-0.15, -0.1) is 19.1 Å². The van der Waals surface area contributed by atoms with Gasteiger partial charge in [0.05, 0.1) is 0 Å². The minimum atomic E-state index is -10.7. The van der Waals surface area contributed by atoms with Crippen LogP contribution in [0.3, 0.4) is 0 Å². The molecule has 0 unspecified atom stereocenters. The van der Waals surface area contributed by atoms with Gasteiger partial charge in [0.25, 0.3) is 0 Å². The van der Waals surface area contributed by atoms with Crippen LogP contribution < -0.4 is 4.62 Å². The number of esters is 1. The molecule has 0 amide bonds. The first-order chi connectivity index (χ1) is 14.9. The van der Waals surface area contributed by atoms with Gasteiger partial charge in [0.2, 0.25) is 0 Å². The zero-order valence-corrected chi connectivity index (χ0v) is 21.9. The van der Waals surface area contributed by atoms with Gasteiger partial charge in [-0.3, -0.25) is 4.79 Å². The van der Waals surface area contributed by atoms with Crippen LogP contribution in [-0.2, 0) is 9.53 Å². The van der Waals surface area contributed by atoms with E-state index in [1.807, 2.05) is 94.3 Å². The van der Waals surface area contributed by atoms with Gasteiger partial charge in [0.1, 0.15) is 23.2 Å². The number of fused-ring (bicyclic) bond motifs is 1. The summed E-state index contributed by atoms with van der Waals surface area (Å²) in [6.07, 6.45) is 0. The van der Waals surface area contributed by atoms with Gasteiger partial charge in [0, 0.05) is 35.2 Å². The Labute approximate surface area is 194 Å². The van der Waals surface area contributed by atoms with E-state index in [0.29, 0.717) is 0 Å². The van der Waals surface area contributed by atoms with E-state index in [0.717, 1.165) is 11.0 Å². The van der Waals surface area contributed by atoms with E-state index in [9.17, 15) is 30.0 Å². The zero-order chi connectivity index (χ0) is 26.8. The van der Waals surface area contributed by atoms with Crippen molar-refractivity contribution in [1.29, 1.82) is 0 Å². The van der Waals surface area contributed by atoms with E-state index in [-0.39, 0.29) is 12.5 Å². The van der Waals surface area contributed by atoms with Crippen LogP contribution in [-0.4, -0.2) is 82.5 Å². The van der Waals surface area contributed by atoms with Gasteiger partial charge in [0.15, 0.2) is 0 Å². The van der Waals surface area contributed by atoms with E-state index in [2.05, 4.69) is 10.3 Å². The summed E-state index contributed by atoms with van der Waals surface area (Å²) < 4.78 is 76.9. The molecule has 0 spiro atoms. The molecule has 0 fully saturated rings. The Morgan fingerprint density at radius 2 is 1.47 bits per heavy atom. The Balaban J connectivity index is 0.000000718. The van der Waals surface area contributed by atoms with E-state index in [1.54, 1.807) is 0 Å². The maximum absolute atomic E-state index is 12.4. The van der Waals surface area contributed by atoms with E-state index in [4.69, 9.17) is 9.36 Å². The van der Waals surface area contributed by atoms with Crippen molar-refractivity contribution in [3.8, 4) is 0 Å². The average molecular weight is 542 g/mol. The molecule has 0 aliphatic heterocycles. The summed E-state index contributed by atoms with van der Waals surface area (Å²) >= 11 is 0. The van der Waals surface area contributed by atoms with Gasteiger partial charge in [-0.25, -0.2) is 0 Å². The molecule has 1 aromatic heterocycles. The molecule has 0 saturated carbocycles. The predicted molar refractivity (Wildman–Crippen MR) is 120 cm³/mol. The fourth-order valence-corrected chi connectivity index (χ4v) is 5.82. The third kappa shape index (κ3) is 10.2.